The van der Waals surface area contributed by atoms with Gasteiger partial charge in [0.2, 0.25) is 5.91 Å². The number of hydrogen-bond donors (Lipinski definition) is 0. The summed E-state index contributed by atoms with van der Waals surface area (Å²) in [6.07, 6.45) is 0.412. The second-order valence-electron chi connectivity index (χ2n) is 6.68. The Bertz CT molecular complexity index is 608. The predicted molar refractivity (Wildman–Crippen MR) is 91.5 cm³/mol. The summed E-state index contributed by atoms with van der Waals surface area (Å²) in [4.78, 5) is 27.7. The Morgan fingerprint density at radius 2 is 1.79 bits per heavy atom. The Morgan fingerprint density at radius 3 is 2.42 bits per heavy atom. The average Bonchev–Trinajstić information content (AvgIpc) is 3.12. The van der Waals surface area contributed by atoms with E-state index in [2.05, 4.69) is 15.7 Å². The lowest BCUT2D eigenvalue weighted by molar-refractivity contribution is -0.143. The lowest BCUT2D eigenvalue weighted by Crippen LogP contribution is -2.33. The molecule has 0 bridgehead atoms. The van der Waals surface area contributed by atoms with Crippen LogP contribution in [0.25, 0.3) is 0 Å². The second-order valence-corrected chi connectivity index (χ2v) is 7.09. The minimum Gasteiger partial charge on any atom is -0.469 e. The smallest absolute Gasteiger partial charge is 0.306 e. The Hall–Kier alpha value is -1.59. The number of carbonyl (C=O) groups is 2. The van der Waals surface area contributed by atoms with Crippen molar-refractivity contribution in [3.8, 4) is 0 Å². The fourth-order valence-corrected chi connectivity index (χ4v) is 3.96. The van der Waals surface area contributed by atoms with Crippen molar-refractivity contribution in [3.05, 3.63) is 34.9 Å². The molecule has 1 amide bonds. The number of carbonyl (C=O) groups excluding carboxylic acids is 2. The number of hydrogen-bond acceptors (Lipinski definition) is 4. The number of methoxy groups -OCH3 is 1. The minimum absolute atomic E-state index is 0.0625. The lowest BCUT2D eigenvalue weighted by Gasteiger charge is -2.22. The molecule has 2 saturated heterocycles. The lowest BCUT2D eigenvalue weighted by atomic mass is 10.0. The molecule has 2 fully saturated rings. The molecule has 2 aliphatic rings. The third kappa shape index (κ3) is 3.90. The Labute approximate surface area is 147 Å². The van der Waals surface area contributed by atoms with Crippen molar-refractivity contribution >= 4 is 23.5 Å². The van der Waals surface area contributed by atoms with Gasteiger partial charge in [0.1, 0.15) is 0 Å². The van der Waals surface area contributed by atoms with Crippen molar-refractivity contribution in [2.24, 2.45) is 11.8 Å². The van der Waals surface area contributed by atoms with Crippen LogP contribution in [0, 0.1) is 11.8 Å². The van der Waals surface area contributed by atoms with Crippen LogP contribution < -0.4 is 0 Å². The van der Waals surface area contributed by atoms with E-state index in [1.165, 1.54) is 7.11 Å². The number of ether oxygens (including phenoxy) is 1. The Balaban J connectivity index is 1.48. The van der Waals surface area contributed by atoms with Crippen molar-refractivity contribution in [2.75, 3.05) is 33.3 Å². The molecule has 0 aliphatic carbocycles. The first-order valence-corrected chi connectivity index (χ1v) is 8.75. The molecular formula is C18H23ClN2O3. The number of halogens is 1. The van der Waals surface area contributed by atoms with E-state index in [4.69, 9.17) is 11.6 Å². The van der Waals surface area contributed by atoms with E-state index in [9.17, 15) is 9.59 Å². The SMILES string of the molecule is COC(=O)CCC(=O)N1C[C@@H]2CN(Cc3ccccc3Cl)C[C@H]2C1. The molecule has 1 aromatic carbocycles. The molecule has 2 heterocycles. The monoisotopic (exact) mass is 350 g/mol. The van der Waals surface area contributed by atoms with Gasteiger partial charge in [-0.05, 0) is 23.5 Å². The van der Waals surface area contributed by atoms with Crippen molar-refractivity contribution in [1.29, 1.82) is 0 Å². The normalized spacial score (nSPS) is 23.3. The van der Waals surface area contributed by atoms with Crippen LogP contribution in [0.4, 0.5) is 0 Å². The summed E-state index contributed by atoms with van der Waals surface area (Å²) in [7, 11) is 1.35. The van der Waals surface area contributed by atoms with Crippen LogP contribution in [0.3, 0.4) is 0 Å². The number of nitrogens with zero attached hydrogens (tertiary/aromatic N) is 2. The molecule has 3 rings (SSSR count). The van der Waals surface area contributed by atoms with Crippen molar-refractivity contribution in [2.45, 2.75) is 19.4 Å². The summed E-state index contributed by atoms with van der Waals surface area (Å²) in [5, 5.41) is 0.814. The molecule has 0 N–H and O–H groups in total. The molecule has 130 valence electrons. The van der Waals surface area contributed by atoms with Crippen LogP contribution in [0.15, 0.2) is 24.3 Å². The number of likely N-dealkylation sites (tertiary alicyclic amines) is 2. The van der Waals surface area contributed by atoms with Crippen molar-refractivity contribution < 1.29 is 14.3 Å². The first kappa shape index (κ1) is 17.2. The molecule has 0 aromatic heterocycles. The van der Waals surface area contributed by atoms with Gasteiger partial charge >= 0.3 is 5.97 Å². The fraction of sp³-hybridized carbons (Fsp3) is 0.556. The molecule has 5 nitrogen and oxygen atoms in total. The summed E-state index contributed by atoms with van der Waals surface area (Å²) >= 11 is 6.24. The highest BCUT2D eigenvalue weighted by Crippen LogP contribution is 2.33. The average molecular weight is 351 g/mol. The summed E-state index contributed by atoms with van der Waals surface area (Å²) < 4.78 is 4.59. The van der Waals surface area contributed by atoms with Crippen molar-refractivity contribution in [3.63, 3.8) is 0 Å². The first-order chi connectivity index (χ1) is 11.6. The molecule has 1 aromatic rings. The molecule has 0 saturated carbocycles. The van der Waals surface area contributed by atoms with Gasteiger partial charge in [0, 0.05) is 44.2 Å². The minimum atomic E-state index is -0.325. The van der Waals surface area contributed by atoms with Gasteiger partial charge in [-0.3, -0.25) is 14.5 Å². The van der Waals surface area contributed by atoms with Gasteiger partial charge < -0.3 is 9.64 Å². The highest BCUT2D eigenvalue weighted by molar-refractivity contribution is 6.31. The molecule has 2 aliphatic heterocycles. The summed E-state index contributed by atoms with van der Waals surface area (Å²) in [6.45, 7) is 4.45. The number of esters is 1. The third-order valence-electron chi connectivity index (χ3n) is 5.04. The van der Waals surface area contributed by atoms with E-state index in [0.717, 1.165) is 43.3 Å². The Morgan fingerprint density at radius 1 is 1.12 bits per heavy atom. The van der Waals surface area contributed by atoms with Gasteiger partial charge in [0.05, 0.1) is 13.5 Å². The van der Waals surface area contributed by atoms with Gasteiger partial charge in [-0.2, -0.15) is 0 Å². The summed E-state index contributed by atoms with van der Waals surface area (Å²) in [5.41, 5.74) is 1.16. The fourth-order valence-electron chi connectivity index (χ4n) is 3.76. The van der Waals surface area contributed by atoms with Crippen LogP contribution in [0.5, 0.6) is 0 Å². The molecule has 24 heavy (non-hydrogen) atoms. The largest absolute Gasteiger partial charge is 0.469 e. The van der Waals surface area contributed by atoms with Gasteiger partial charge in [-0.15, -0.1) is 0 Å². The zero-order chi connectivity index (χ0) is 17.1. The topological polar surface area (TPSA) is 49.9 Å². The zero-order valence-electron chi connectivity index (χ0n) is 13.9. The van der Waals surface area contributed by atoms with Crippen LogP contribution in [-0.2, 0) is 20.9 Å². The zero-order valence-corrected chi connectivity index (χ0v) is 14.7. The second kappa shape index (κ2) is 7.53. The van der Waals surface area contributed by atoms with Crippen LogP contribution in [-0.4, -0.2) is 55.0 Å². The standard InChI is InChI=1S/C18H23ClN2O3/c1-24-18(23)7-6-17(22)21-11-14-9-20(10-15(14)12-21)8-13-4-2-3-5-16(13)19/h2-5,14-15H,6-12H2,1H3/t14-,15-/m0/s1. The highest BCUT2D eigenvalue weighted by Gasteiger charge is 2.41. The third-order valence-corrected chi connectivity index (χ3v) is 5.41. The summed E-state index contributed by atoms with van der Waals surface area (Å²) in [5.74, 6) is 0.783. The van der Waals surface area contributed by atoms with Crippen LogP contribution in [0.2, 0.25) is 5.02 Å². The van der Waals surface area contributed by atoms with Crippen LogP contribution >= 0.6 is 11.6 Å². The molecule has 2 atom stereocenters. The van der Waals surface area contributed by atoms with E-state index in [0.29, 0.717) is 11.8 Å². The van der Waals surface area contributed by atoms with Crippen LogP contribution in [0.1, 0.15) is 18.4 Å². The number of amides is 1. The van der Waals surface area contributed by atoms with E-state index >= 15 is 0 Å². The Kier molecular flexibility index (Phi) is 5.41. The van der Waals surface area contributed by atoms with Gasteiger partial charge in [0.15, 0.2) is 0 Å². The predicted octanol–water partition coefficient (Wildman–Crippen LogP) is 2.18. The van der Waals surface area contributed by atoms with E-state index in [1.807, 2.05) is 23.1 Å². The first-order valence-electron chi connectivity index (χ1n) is 8.37. The van der Waals surface area contributed by atoms with Crippen molar-refractivity contribution in [1.82, 2.24) is 9.80 Å². The maximum Gasteiger partial charge on any atom is 0.306 e. The quantitative estimate of drug-likeness (QED) is 0.764. The number of rotatable bonds is 5. The van der Waals surface area contributed by atoms with Gasteiger partial charge in [-0.1, -0.05) is 29.8 Å². The number of benzene rings is 1. The van der Waals surface area contributed by atoms with Gasteiger partial charge in [-0.25, -0.2) is 0 Å². The van der Waals surface area contributed by atoms with E-state index in [1.54, 1.807) is 0 Å². The number of fused-ring (bicyclic) bond motifs is 1. The maximum absolute atomic E-state index is 12.2. The molecule has 0 radical (unpaired) electrons. The van der Waals surface area contributed by atoms with Gasteiger partial charge in [0.25, 0.3) is 0 Å². The molecule has 0 spiro atoms. The molecular weight excluding hydrogens is 328 g/mol. The van der Waals surface area contributed by atoms with E-state index < -0.39 is 0 Å². The maximum atomic E-state index is 12.2. The molecule has 6 heteroatoms. The summed E-state index contributed by atoms with van der Waals surface area (Å²) in [6, 6.07) is 7.96. The van der Waals surface area contributed by atoms with E-state index in [-0.39, 0.29) is 24.7 Å². The molecule has 0 unspecified atom stereocenters. The highest BCUT2D eigenvalue weighted by atomic mass is 35.5.